The van der Waals surface area contributed by atoms with Crippen molar-refractivity contribution >= 4 is 11.8 Å². The highest BCUT2D eigenvalue weighted by atomic mass is 32.2. The minimum absolute atomic E-state index is 0.110. The Bertz CT molecular complexity index is 297. The number of thioether (sulfide) groups is 1. The van der Waals surface area contributed by atoms with Gasteiger partial charge in [-0.2, -0.15) is 0 Å². The molecule has 0 spiro atoms. The fourth-order valence-corrected chi connectivity index (χ4v) is 2.31. The van der Waals surface area contributed by atoms with Crippen LogP contribution in [0.3, 0.4) is 0 Å². The second-order valence-electron chi connectivity index (χ2n) is 4.19. The lowest BCUT2D eigenvalue weighted by atomic mass is 9.97. The summed E-state index contributed by atoms with van der Waals surface area (Å²) in [4.78, 5) is 1.31. The number of nitrogens with two attached hydrogens (primary N) is 2. The van der Waals surface area contributed by atoms with E-state index in [0.717, 1.165) is 12.2 Å². The van der Waals surface area contributed by atoms with Crippen LogP contribution in [-0.4, -0.2) is 12.3 Å². The highest BCUT2D eigenvalue weighted by Crippen LogP contribution is 2.22. The van der Waals surface area contributed by atoms with Crippen LogP contribution in [-0.2, 0) is 0 Å². The molecule has 0 aliphatic carbocycles. The predicted octanol–water partition coefficient (Wildman–Crippen LogP) is 2.78. The van der Waals surface area contributed by atoms with Crippen LogP contribution in [0.5, 0.6) is 0 Å². The Morgan fingerprint density at radius 2 is 1.88 bits per heavy atom. The lowest BCUT2D eigenvalue weighted by Gasteiger charge is -2.16. The molecule has 0 aliphatic heterocycles. The van der Waals surface area contributed by atoms with E-state index in [1.807, 2.05) is 11.8 Å². The van der Waals surface area contributed by atoms with Crippen LogP contribution in [0.2, 0.25) is 0 Å². The van der Waals surface area contributed by atoms with E-state index in [1.165, 1.54) is 10.5 Å². The van der Waals surface area contributed by atoms with Gasteiger partial charge >= 0.3 is 0 Å². The Balaban J connectivity index is 2.59. The van der Waals surface area contributed by atoms with Gasteiger partial charge in [-0.15, -0.1) is 11.8 Å². The SMILES string of the molecule is CCSc1ccc(C(N)CC(C)CN)cc1. The van der Waals surface area contributed by atoms with E-state index in [-0.39, 0.29) is 6.04 Å². The summed E-state index contributed by atoms with van der Waals surface area (Å²) in [6.07, 6.45) is 0.955. The first-order chi connectivity index (χ1) is 7.67. The summed E-state index contributed by atoms with van der Waals surface area (Å²) in [6.45, 7) is 5.01. The van der Waals surface area contributed by atoms with Crippen LogP contribution in [0.1, 0.15) is 31.9 Å². The molecule has 0 radical (unpaired) electrons. The van der Waals surface area contributed by atoms with Crippen LogP contribution in [0.15, 0.2) is 29.2 Å². The molecular formula is C13H22N2S. The molecule has 2 atom stereocenters. The van der Waals surface area contributed by atoms with Crippen LogP contribution >= 0.6 is 11.8 Å². The molecule has 2 nitrogen and oxygen atoms in total. The molecule has 0 saturated carbocycles. The standard InChI is InChI=1S/C13H22N2S/c1-3-16-12-6-4-11(5-7-12)13(15)8-10(2)9-14/h4-7,10,13H,3,8-9,14-15H2,1-2H3. The third-order valence-electron chi connectivity index (χ3n) is 2.68. The van der Waals surface area contributed by atoms with E-state index in [0.29, 0.717) is 12.5 Å². The minimum Gasteiger partial charge on any atom is -0.330 e. The smallest absolute Gasteiger partial charge is 0.0297 e. The van der Waals surface area contributed by atoms with E-state index in [2.05, 4.69) is 38.1 Å². The Morgan fingerprint density at radius 1 is 1.25 bits per heavy atom. The lowest BCUT2D eigenvalue weighted by molar-refractivity contribution is 0.482. The lowest BCUT2D eigenvalue weighted by Crippen LogP contribution is -2.19. The first-order valence-electron chi connectivity index (χ1n) is 5.85. The van der Waals surface area contributed by atoms with Gasteiger partial charge in [-0.05, 0) is 42.3 Å². The maximum absolute atomic E-state index is 6.13. The summed E-state index contributed by atoms with van der Waals surface area (Å²) >= 11 is 1.85. The number of hydrogen-bond donors (Lipinski definition) is 2. The zero-order chi connectivity index (χ0) is 12.0. The zero-order valence-electron chi connectivity index (χ0n) is 10.1. The molecule has 0 saturated heterocycles. The fraction of sp³-hybridized carbons (Fsp3) is 0.538. The van der Waals surface area contributed by atoms with Gasteiger partial charge in [-0.1, -0.05) is 26.0 Å². The van der Waals surface area contributed by atoms with Crippen molar-refractivity contribution in [3.63, 3.8) is 0 Å². The van der Waals surface area contributed by atoms with Crippen LogP contribution in [0.25, 0.3) is 0 Å². The maximum atomic E-state index is 6.13. The third kappa shape index (κ3) is 4.16. The van der Waals surface area contributed by atoms with Gasteiger partial charge in [0.25, 0.3) is 0 Å². The van der Waals surface area contributed by atoms with Crippen molar-refractivity contribution in [3.8, 4) is 0 Å². The van der Waals surface area contributed by atoms with E-state index in [4.69, 9.17) is 11.5 Å². The molecule has 1 aromatic rings. The third-order valence-corrected chi connectivity index (χ3v) is 3.57. The minimum atomic E-state index is 0.110. The van der Waals surface area contributed by atoms with Gasteiger partial charge in [-0.3, -0.25) is 0 Å². The Hall–Kier alpha value is -0.510. The van der Waals surface area contributed by atoms with Crippen molar-refractivity contribution in [3.05, 3.63) is 29.8 Å². The largest absolute Gasteiger partial charge is 0.330 e. The van der Waals surface area contributed by atoms with Gasteiger partial charge in [-0.25, -0.2) is 0 Å². The Morgan fingerprint density at radius 3 is 2.38 bits per heavy atom. The molecule has 1 rings (SSSR count). The molecule has 2 unspecified atom stereocenters. The molecular weight excluding hydrogens is 216 g/mol. The van der Waals surface area contributed by atoms with E-state index < -0.39 is 0 Å². The first-order valence-corrected chi connectivity index (χ1v) is 6.84. The predicted molar refractivity (Wildman–Crippen MR) is 72.6 cm³/mol. The summed E-state index contributed by atoms with van der Waals surface area (Å²) in [5.41, 5.74) is 12.9. The molecule has 0 aromatic heterocycles. The molecule has 0 bridgehead atoms. The van der Waals surface area contributed by atoms with Gasteiger partial charge in [0.2, 0.25) is 0 Å². The second-order valence-corrected chi connectivity index (χ2v) is 5.52. The molecule has 0 heterocycles. The average molecular weight is 238 g/mol. The summed E-state index contributed by atoms with van der Waals surface area (Å²) in [5.74, 6) is 1.59. The highest BCUT2D eigenvalue weighted by molar-refractivity contribution is 7.99. The topological polar surface area (TPSA) is 52.0 Å². The van der Waals surface area contributed by atoms with Crippen molar-refractivity contribution in [2.45, 2.75) is 31.2 Å². The quantitative estimate of drug-likeness (QED) is 0.749. The molecule has 0 aliphatic rings. The maximum Gasteiger partial charge on any atom is 0.0297 e. The summed E-state index contributed by atoms with van der Waals surface area (Å²) in [6, 6.07) is 8.67. The Kier molecular flexibility index (Phi) is 5.88. The molecule has 0 amide bonds. The monoisotopic (exact) mass is 238 g/mol. The van der Waals surface area contributed by atoms with Gasteiger partial charge in [0.1, 0.15) is 0 Å². The van der Waals surface area contributed by atoms with Gasteiger partial charge in [0.05, 0.1) is 0 Å². The van der Waals surface area contributed by atoms with Crippen molar-refractivity contribution in [1.29, 1.82) is 0 Å². The van der Waals surface area contributed by atoms with E-state index in [9.17, 15) is 0 Å². The number of hydrogen-bond acceptors (Lipinski definition) is 3. The van der Waals surface area contributed by atoms with Crippen molar-refractivity contribution in [2.75, 3.05) is 12.3 Å². The van der Waals surface area contributed by atoms with Gasteiger partial charge in [0, 0.05) is 10.9 Å². The summed E-state index contributed by atoms with van der Waals surface area (Å²) in [7, 11) is 0. The number of rotatable bonds is 6. The Labute approximate surface area is 103 Å². The number of benzene rings is 1. The molecule has 90 valence electrons. The first kappa shape index (κ1) is 13.6. The van der Waals surface area contributed by atoms with E-state index >= 15 is 0 Å². The zero-order valence-corrected chi connectivity index (χ0v) is 11.0. The second kappa shape index (κ2) is 6.94. The molecule has 1 aromatic carbocycles. The van der Waals surface area contributed by atoms with Crippen molar-refractivity contribution < 1.29 is 0 Å². The fourth-order valence-electron chi connectivity index (χ4n) is 1.64. The van der Waals surface area contributed by atoms with Crippen molar-refractivity contribution in [2.24, 2.45) is 17.4 Å². The average Bonchev–Trinajstić information content (AvgIpc) is 2.30. The summed E-state index contributed by atoms with van der Waals surface area (Å²) in [5, 5.41) is 0. The van der Waals surface area contributed by atoms with Crippen LogP contribution in [0, 0.1) is 5.92 Å². The van der Waals surface area contributed by atoms with Crippen LogP contribution in [0.4, 0.5) is 0 Å². The highest BCUT2D eigenvalue weighted by Gasteiger charge is 2.09. The van der Waals surface area contributed by atoms with Gasteiger partial charge in [0.15, 0.2) is 0 Å². The normalized spacial score (nSPS) is 14.8. The van der Waals surface area contributed by atoms with Crippen molar-refractivity contribution in [1.82, 2.24) is 0 Å². The summed E-state index contributed by atoms with van der Waals surface area (Å²) < 4.78 is 0. The molecule has 4 N–H and O–H groups in total. The van der Waals surface area contributed by atoms with E-state index in [1.54, 1.807) is 0 Å². The molecule has 16 heavy (non-hydrogen) atoms. The molecule has 0 fully saturated rings. The molecule has 3 heteroatoms. The van der Waals surface area contributed by atoms with Gasteiger partial charge < -0.3 is 11.5 Å². The van der Waals surface area contributed by atoms with Crippen LogP contribution < -0.4 is 11.5 Å².